The van der Waals surface area contributed by atoms with E-state index in [0.29, 0.717) is 0 Å². The average molecular weight is 338 g/mol. The number of ether oxygens (including phenoxy) is 2. The average Bonchev–Trinajstić information content (AvgIpc) is 2.34. The fraction of sp³-hybridized carbons (Fsp3) is 0.273. The van der Waals surface area contributed by atoms with Crippen LogP contribution in [0, 0.1) is 11.3 Å². The Morgan fingerprint density at radius 3 is 2.53 bits per heavy atom. The highest BCUT2D eigenvalue weighted by molar-refractivity contribution is 9.08. The topological polar surface area (TPSA) is 59.3 Å². The van der Waals surface area contributed by atoms with Crippen molar-refractivity contribution in [2.24, 2.45) is 0 Å². The minimum absolute atomic E-state index is 0.0543. The van der Waals surface area contributed by atoms with Crippen LogP contribution in [0.25, 0.3) is 0 Å². The lowest BCUT2D eigenvalue weighted by atomic mass is 10.0. The zero-order chi connectivity index (χ0) is 14.6. The predicted octanol–water partition coefficient (Wildman–Crippen LogP) is 3.14. The molecule has 0 atom stereocenters. The van der Waals surface area contributed by atoms with E-state index in [1.54, 1.807) is 6.07 Å². The number of rotatable bonds is 3. The summed E-state index contributed by atoms with van der Waals surface area (Å²) in [5.74, 6) is -1.73. The molecule has 0 aromatic heterocycles. The van der Waals surface area contributed by atoms with Crippen molar-refractivity contribution >= 4 is 21.9 Å². The summed E-state index contributed by atoms with van der Waals surface area (Å²) in [7, 11) is 1.04. The van der Waals surface area contributed by atoms with Crippen molar-refractivity contribution in [1.29, 1.82) is 5.26 Å². The van der Waals surface area contributed by atoms with Crippen molar-refractivity contribution in [3.63, 3.8) is 0 Å². The van der Waals surface area contributed by atoms with Gasteiger partial charge in [-0.3, -0.25) is 0 Å². The van der Waals surface area contributed by atoms with Gasteiger partial charge in [-0.05, 0) is 17.7 Å². The van der Waals surface area contributed by atoms with Gasteiger partial charge in [0, 0.05) is 5.33 Å². The molecule has 0 saturated heterocycles. The van der Waals surface area contributed by atoms with Gasteiger partial charge in [-0.1, -0.05) is 15.9 Å². The summed E-state index contributed by atoms with van der Waals surface area (Å²) < 4.78 is 45.1. The molecule has 0 N–H and O–H groups in total. The van der Waals surface area contributed by atoms with E-state index in [-0.39, 0.29) is 22.0 Å². The molecule has 0 bridgehead atoms. The van der Waals surface area contributed by atoms with E-state index in [4.69, 9.17) is 5.26 Å². The van der Waals surface area contributed by atoms with Crippen molar-refractivity contribution < 1.29 is 27.4 Å². The molecule has 0 spiro atoms. The van der Waals surface area contributed by atoms with Crippen LogP contribution in [0.15, 0.2) is 12.1 Å². The fourth-order valence-corrected chi connectivity index (χ4v) is 1.82. The van der Waals surface area contributed by atoms with Gasteiger partial charge in [-0.2, -0.15) is 5.26 Å². The second-order valence-corrected chi connectivity index (χ2v) is 3.85. The molecule has 102 valence electrons. The van der Waals surface area contributed by atoms with Gasteiger partial charge in [0.15, 0.2) is 0 Å². The van der Waals surface area contributed by atoms with Crippen molar-refractivity contribution in [1.82, 2.24) is 0 Å². The van der Waals surface area contributed by atoms with Crippen LogP contribution in [0.1, 0.15) is 21.5 Å². The predicted molar refractivity (Wildman–Crippen MR) is 61.8 cm³/mol. The second-order valence-electron chi connectivity index (χ2n) is 3.29. The Bertz CT molecular complexity index is 537. The Morgan fingerprint density at radius 1 is 1.47 bits per heavy atom. The molecule has 0 aliphatic carbocycles. The Hall–Kier alpha value is -1.75. The molecular weight excluding hydrogens is 331 g/mol. The lowest BCUT2D eigenvalue weighted by Crippen LogP contribution is -2.20. The monoisotopic (exact) mass is 337 g/mol. The number of methoxy groups -OCH3 is 1. The minimum Gasteiger partial charge on any atom is -0.465 e. The smallest absolute Gasteiger partial charge is 0.465 e. The number of nitrogens with zero attached hydrogens (tertiary/aromatic N) is 1. The first kappa shape index (κ1) is 15.3. The molecule has 0 heterocycles. The van der Waals surface area contributed by atoms with Crippen LogP contribution in [0.2, 0.25) is 0 Å². The minimum atomic E-state index is -4.97. The zero-order valence-corrected chi connectivity index (χ0v) is 11.1. The third-order valence-corrected chi connectivity index (χ3v) is 2.68. The van der Waals surface area contributed by atoms with E-state index in [0.717, 1.165) is 13.2 Å². The highest BCUT2D eigenvalue weighted by Crippen LogP contribution is 2.31. The molecule has 0 fully saturated rings. The van der Waals surface area contributed by atoms with E-state index < -0.39 is 18.1 Å². The molecule has 8 heteroatoms. The first-order valence-electron chi connectivity index (χ1n) is 4.79. The number of halogens is 4. The quantitative estimate of drug-likeness (QED) is 0.628. The van der Waals surface area contributed by atoms with E-state index in [9.17, 15) is 18.0 Å². The summed E-state index contributed by atoms with van der Waals surface area (Å²) in [6.07, 6.45) is -4.97. The van der Waals surface area contributed by atoms with Gasteiger partial charge < -0.3 is 9.47 Å². The molecular formula is C11H7BrF3NO3. The number of nitriles is 1. The lowest BCUT2D eigenvalue weighted by Gasteiger charge is -2.15. The zero-order valence-electron chi connectivity index (χ0n) is 9.55. The molecule has 19 heavy (non-hydrogen) atoms. The summed E-state index contributed by atoms with van der Waals surface area (Å²) in [6.45, 7) is 0. The van der Waals surface area contributed by atoms with Crippen molar-refractivity contribution in [2.45, 2.75) is 11.7 Å². The van der Waals surface area contributed by atoms with Gasteiger partial charge >= 0.3 is 12.3 Å². The Labute approximate surface area is 114 Å². The van der Waals surface area contributed by atoms with Gasteiger partial charge in [0.1, 0.15) is 11.3 Å². The molecule has 1 aromatic carbocycles. The van der Waals surface area contributed by atoms with Crippen molar-refractivity contribution in [3.05, 3.63) is 28.8 Å². The fourth-order valence-electron chi connectivity index (χ4n) is 1.38. The second kappa shape index (κ2) is 5.93. The molecule has 0 aliphatic heterocycles. The maximum atomic E-state index is 12.3. The lowest BCUT2D eigenvalue weighted by molar-refractivity contribution is -0.274. The van der Waals surface area contributed by atoms with Gasteiger partial charge in [-0.15, -0.1) is 13.2 Å². The summed E-state index contributed by atoms with van der Waals surface area (Å²) in [4.78, 5) is 11.5. The first-order chi connectivity index (χ1) is 8.82. The normalized spacial score (nSPS) is 10.7. The third-order valence-electron chi connectivity index (χ3n) is 2.07. The van der Waals surface area contributed by atoms with Crippen molar-refractivity contribution in [3.8, 4) is 11.8 Å². The number of hydrogen-bond acceptors (Lipinski definition) is 4. The van der Waals surface area contributed by atoms with Gasteiger partial charge in [0.05, 0.1) is 18.7 Å². The highest BCUT2D eigenvalue weighted by atomic mass is 79.9. The molecule has 4 nitrogen and oxygen atoms in total. The van der Waals surface area contributed by atoms with Gasteiger partial charge in [0.2, 0.25) is 0 Å². The molecule has 0 unspecified atom stereocenters. The molecule has 1 aromatic rings. The summed E-state index contributed by atoms with van der Waals surface area (Å²) >= 11 is 3.03. The van der Waals surface area contributed by atoms with Crippen LogP contribution >= 0.6 is 15.9 Å². The summed E-state index contributed by atoms with van der Waals surface area (Å²) in [6, 6.07) is 3.81. The molecule has 0 radical (unpaired) electrons. The van der Waals surface area contributed by atoms with E-state index in [1.807, 2.05) is 0 Å². The van der Waals surface area contributed by atoms with Gasteiger partial charge in [-0.25, -0.2) is 4.79 Å². The SMILES string of the molecule is COC(=O)c1c(CBr)cc(C#N)cc1OC(F)(F)F. The number of benzene rings is 1. The highest BCUT2D eigenvalue weighted by Gasteiger charge is 2.34. The maximum Gasteiger partial charge on any atom is 0.573 e. The number of carbonyl (C=O) groups is 1. The van der Waals surface area contributed by atoms with E-state index in [1.165, 1.54) is 6.07 Å². The molecule has 1 rings (SSSR count). The molecule has 0 saturated carbocycles. The Morgan fingerprint density at radius 2 is 2.11 bits per heavy atom. The summed E-state index contributed by atoms with van der Waals surface area (Å²) in [5.41, 5.74) is -0.248. The number of esters is 1. The van der Waals surface area contributed by atoms with Crippen LogP contribution in [0.3, 0.4) is 0 Å². The van der Waals surface area contributed by atoms with Crippen molar-refractivity contribution in [2.75, 3.05) is 7.11 Å². The number of alkyl halides is 4. The summed E-state index contributed by atoms with van der Waals surface area (Å²) in [5, 5.41) is 8.82. The number of hydrogen-bond donors (Lipinski definition) is 0. The van der Waals surface area contributed by atoms with Crippen LogP contribution in [0.5, 0.6) is 5.75 Å². The van der Waals surface area contributed by atoms with Crippen LogP contribution in [0.4, 0.5) is 13.2 Å². The van der Waals surface area contributed by atoms with Crippen LogP contribution < -0.4 is 4.74 Å². The molecule has 0 amide bonds. The third kappa shape index (κ3) is 3.86. The van der Waals surface area contributed by atoms with E-state index in [2.05, 4.69) is 25.4 Å². The Balaban J connectivity index is 3.47. The van der Waals surface area contributed by atoms with Gasteiger partial charge in [0.25, 0.3) is 0 Å². The Kier molecular flexibility index (Phi) is 4.78. The van der Waals surface area contributed by atoms with Crippen LogP contribution in [-0.4, -0.2) is 19.4 Å². The number of carbonyl (C=O) groups excluding carboxylic acids is 1. The largest absolute Gasteiger partial charge is 0.573 e. The standard InChI is InChI=1S/C11H7BrF3NO3/c1-18-10(17)9-7(4-12)2-6(5-16)3-8(9)19-11(13,14)15/h2-3H,4H2,1H3. The first-order valence-corrected chi connectivity index (χ1v) is 5.91. The van der Waals surface area contributed by atoms with E-state index >= 15 is 0 Å². The molecule has 0 aliphatic rings. The maximum absolute atomic E-state index is 12.3. The van der Waals surface area contributed by atoms with Crippen LogP contribution in [-0.2, 0) is 10.1 Å².